The van der Waals surface area contributed by atoms with Crippen molar-refractivity contribution in [2.24, 2.45) is 5.92 Å². The molecule has 2 heteroatoms. The van der Waals surface area contributed by atoms with Gasteiger partial charge in [0, 0.05) is 0 Å². The molecule has 48 valence electrons. The average molecular weight is 155 g/mol. The van der Waals surface area contributed by atoms with E-state index >= 15 is 0 Å². The molecule has 0 bridgehead atoms. The fraction of sp³-hybridized carbons (Fsp3) is 0.571. The smallest absolute Gasteiger partial charge is 1.00 e. The Morgan fingerprint density at radius 2 is 2.00 bits per heavy atom. The van der Waals surface area contributed by atoms with E-state index in [4.69, 9.17) is 0 Å². The van der Waals surface area contributed by atoms with Gasteiger partial charge in [-0.25, -0.2) is 0 Å². The Bertz CT molecular complexity index is 81.0. The Balaban J connectivity index is 0. The van der Waals surface area contributed by atoms with Crippen LogP contribution in [-0.4, -0.2) is 23.1 Å². The molecule has 0 aromatic rings. The zero-order valence-electron chi connectivity index (χ0n) is 5.65. The van der Waals surface area contributed by atoms with Crippen LogP contribution in [0.1, 0.15) is 19.3 Å². The Morgan fingerprint density at radius 3 is 2.22 bits per heavy atom. The molecular formula is C7H11ClMg. The van der Waals surface area contributed by atoms with E-state index in [0.29, 0.717) is 5.92 Å². The van der Waals surface area contributed by atoms with E-state index in [1.165, 1.54) is 19.3 Å². The van der Waals surface area contributed by atoms with Crippen LogP contribution in [0.15, 0.2) is 12.2 Å². The number of hydrogen-bond donors (Lipinski definition) is 0. The Kier molecular flexibility index (Phi) is 9.57. The van der Waals surface area contributed by atoms with Gasteiger partial charge in [-0.2, -0.15) is 5.92 Å². The molecular weight excluding hydrogens is 144 g/mol. The molecule has 0 saturated carbocycles. The third-order valence-corrected chi connectivity index (χ3v) is 1.38. The van der Waals surface area contributed by atoms with Crippen molar-refractivity contribution in [1.82, 2.24) is 0 Å². The topological polar surface area (TPSA) is 0 Å². The van der Waals surface area contributed by atoms with Crippen molar-refractivity contribution in [3.05, 3.63) is 19.1 Å². The summed E-state index contributed by atoms with van der Waals surface area (Å²) in [5.41, 5.74) is 0. The standard InChI is InChI=1S/C7H11.ClH.Mg/c1-7-5-3-2-4-6-7;;/h2-3,7H,1,4-6H2;1H;/q-1;;+2/p-1. The van der Waals surface area contributed by atoms with Crippen LogP contribution in [0.4, 0.5) is 0 Å². The van der Waals surface area contributed by atoms with Crippen molar-refractivity contribution in [2.45, 2.75) is 19.3 Å². The summed E-state index contributed by atoms with van der Waals surface area (Å²) in [5, 5.41) is 0. The van der Waals surface area contributed by atoms with Crippen LogP contribution in [-0.2, 0) is 0 Å². The predicted molar refractivity (Wildman–Crippen MR) is 37.6 cm³/mol. The van der Waals surface area contributed by atoms with Gasteiger partial charge in [0.05, 0.1) is 0 Å². The first-order chi connectivity index (χ1) is 3.39. The summed E-state index contributed by atoms with van der Waals surface area (Å²) in [6.45, 7) is 3.95. The van der Waals surface area contributed by atoms with Gasteiger partial charge in [-0.05, 0) is 6.42 Å². The molecule has 0 aliphatic heterocycles. The van der Waals surface area contributed by atoms with Gasteiger partial charge in [0.15, 0.2) is 0 Å². The molecule has 1 unspecified atom stereocenters. The number of hydrogen-bond acceptors (Lipinski definition) is 0. The summed E-state index contributed by atoms with van der Waals surface area (Å²) in [4.78, 5) is 0. The largest absolute Gasteiger partial charge is 2.00 e. The third-order valence-electron chi connectivity index (χ3n) is 1.38. The molecule has 9 heavy (non-hydrogen) atoms. The first-order valence-corrected chi connectivity index (χ1v) is 2.87. The van der Waals surface area contributed by atoms with E-state index in [9.17, 15) is 0 Å². The van der Waals surface area contributed by atoms with Crippen LogP contribution >= 0.6 is 0 Å². The maximum Gasteiger partial charge on any atom is 2.00 e. The number of allylic oxidation sites excluding steroid dienone is 2. The molecule has 0 nitrogen and oxygen atoms in total. The van der Waals surface area contributed by atoms with E-state index in [2.05, 4.69) is 19.1 Å². The molecule has 0 radical (unpaired) electrons. The summed E-state index contributed by atoms with van der Waals surface area (Å²) < 4.78 is 0. The second kappa shape index (κ2) is 6.91. The molecule has 0 saturated heterocycles. The van der Waals surface area contributed by atoms with Gasteiger partial charge >= 0.3 is 23.1 Å². The predicted octanol–water partition coefficient (Wildman–Crippen LogP) is -1.20. The van der Waals surface area contributed by atoms with E-state index in [1.807, 2.05) is 0 Å². The van der Waals surface area contributed by atoms with Crippen molar-refractivity contribution >= 4 is 23.1 Å². The SMILES string of the molecule is [CH2-]C1CC=CCC1.[Cl-].[Mg+2]. The Morgan fingerprint density at radius 1 is 1.33 bits per heavy atom. The summed E-state index contributed by atoms with van der Waals surface area (Å²) in [6, 6.07) is 0. The van der Waals surface area contributed by atoms with Crippen LogP contribution in [0, 0.1) is 12.8 Å². The van der Waals surface area contributed by atoms with Crippen LogP contribution < -0.4 is 12.4 Å². The molecule has 1 atom stereocenters. The molecule has 1 aliphatic carbocycles. The van der Waals surface area contributed by atoms with Crippen LogP contribution in [0.5, 0.6) is 0 Å². The van der Waals surface area contributed by atoms with Crippen molar-refractivity contribution in [1.29, 1.82) is 0 Å². The molecule has 0 aromatic heterocycles. The first kappa shape index (κ1) is 12.5. The second-order valence-electron chi connectivity index (χ2n) is 2.15. The van der Waals surface area contributed by atoms with Crippen LogP contribution in [0.2, 0.25) is 0 Å². The third kappa shape index (κ3) is 5.25. The van der Waals surface area contributed by atoms with Gasteiger partial charge in [0.1, 0.15) is 0 Å². The van der Waals surface area contributed by atoms with Gasteiger partial charge in [-0.3, -0.25) is 0 Å². The summed E-state index contributed by atoms with van der Waals surface area (Å²) in [5.74, 6) is 0.699. The molecule has 1 rings (SSSR count). The van der Waals surface area contributed by atoms with Crippen molar-refractivity contribution in [2.75, 3.05) is 0 Å². The maximum absolute atomic E-state index is 3.95. The minimum absolute atomic E-state index is 0. The van der Waals surface area contributed by atoms with Gasteiger partial charge in [-0.15, -0.1) is 0 Å². The minimum atomic E-state index is 0. The summed E-state index contributed by atoms with van der Waals surface area (Å²) in [6.07, 6.45) is 8.19. The van der Waals surface area contributed by atoms with Crippen molar-refractivity contribution in [3.8, 4) is 0 Å². The average Bonchev–Trinajstić information content (AvgIpc) is 1.69. The number of rotatable bonds is 0. The van der Waals surface area contributed by atoms with Gasteiger partial charge in [0.25, 0.3) is 0 Å². The van der Waals surface area contributed by atoms with Crippen LogP contribution in [0.3, 0.4) is 0 Å². The molecule has 0 spiro atoms. The number of halogens is 1. The normalized spacial score (nSPS) is 23.9. The molecule has 1 aliphatic rings. The fourth-order valence-electron chi connectivity index (χ4n) is 0.856. The molecule has 0 N–H and O–H groups in total. The van der Waals surface area contributed by atoms with Gasteiger partial charge in [-0.1, -0.05) is 25.0 Å². The Hall–Kier alpha value is 0.796. The zero-order chi connectivity index (χ0) is 5.11. The Labute approximate surface area is 79.7 Å². The first-order valence-electron chi connectivity index (χ1n) is 2.87. The molecule has 0 aromatic carbocycles. The van der Waals surface area contributed by atoms with E-state index in [0.717, 1.165) is 0 Å². The van der Waals surface area contributed by atoms with E-state index in [-0.39, 0.29) is 35.5 Å². The molecule has 0 heterocycles. The maximum atomic E-state index is 3.95. The minimum Gasteiger partial charge on any atom is -1.00 e. The van der Waals surface area contributed by atoms with Crippen molar-refractivity contribution in [3.63, 3.8) is 0 Å². The van der Waals surface area contributed by atoms with Gasteiger partial charge in [0.2, 0.25) is 0 Å². The van der Waals surface area contributed by atoms with Crippen molar-refractivity contribution < 1.29 is 12.4 Å². The zero-order valence-corrected chi connectivity index (χ0v) is 7.82. The quantitative estimate of drug-likeness (QED) is 0.234. The van der Waals surface area contributed by atoms with Gasteiger partial charge < -0.3 is 19.3 Å². The molecule has 0 fully saturated rings. The van der Waals surface area contributed by atoms with E-state index < -0.39 is 0 Å². The second-order valence-corrected chi connectivity index (χ2v) is 2.15. The van der Waals surface area contributed by atoms with Crippen LogP contribution in [0.25, 0.3) is 0 Å². The monoisotopic (exact) mass is 154 g/mol. The summed E-state index contributed by atoms with van der Waals surface area (Å²) >= 11 is 0. The summed E-state index contributed by atoms with van der Waals surface area (Å²) in [7, 11) is 0. The molecule has 0 amide bonds. The fourth-order valence-corrected chi connectivity index (χ4v) is 0.856. The van der Waals surface area contributed by atoms with E-state index in [1.54, 1.807) is 0 Å².